The smallest absolute Gasteiger partial charge is 0.115 e. The first-order chi connectivity index (χ1) is 7.81. The van der Waals surface area contributed by atoms with E-state index in [2.05, 4.69) is 36.3 Å². The van der Waals surface area contributed by atoms with E-state index in [9.17, 15) is 0 Å². The molecule has 0 radical (unpaired) electrons. The number of aliphatic hydroxyl groups is 1. The van der Waals surface area contributed by atoms with Crippen LogP contribution >= 0.6 is 0 Å². The molecule has 16 heavy (non-hydrogen) atoms. The van der Waals surface area contributed by atoms with Gasteiger partial charge in [-0.05, 0) is 37.2 Å². The lowest BCUT2D eigenvalue weighted by Gasteiger charge is -1.91. The Hall–Kier alpha value is -1.70. The number of aliphatic hydroxyl groups excluding tert-OH is 1. The largest absolute Gasteiger partial charge is 0.380 e. The summed E-state index contributed by atoms with van der Waals surface area (Å²) < 4.78 is 0. The standard InChI is InChI=1S/C15H18O/c1-3-5-6-7-8-9-10-11-12-13-14-15(16)4-2/h3,7-10,15-16H,1,4-6H2,2H3/b8-7+,10-9+/t15-/m0/s1. The molecule has 1 heteroatoms. The highest BCUT2D eigenvalue weighted by molar-refractivity contribution is 5.32. The molecule has 0 unspecified atom stereocenters. The minimum atomic E-state index is -0.558. The third-order valence-electron chi connectivity index (χ3n) is 1.72. The second-order valence-electron chi connectivity index (χ2n) is 3.12. The summed E-state index contributed by atoms with van der Waals surface area (Å²) in [7, 11) is 0. The Morgan fingerprint density at radius 1 is 1.25 bits per heavy atom. The number of unbranched alkanes of at least 4 members (excludes halogenated alkanes) is 1. The van der Waals surface area contributed by atoms with Crippen molar-refractivity contribution in [3.63, 3.8) is 0 Å². The quantitative estimate of drug-likeness (QED) is 0.323. The average Bonchev–Trinajstić information content (AvgIpc) is 2.31. The lowest BCUT2D eigenvalue weighted by atomic mass is 10.3. The molecule has 0 rings (SSSR count). The van der Waals surface area contributed by atoms with E-state index in [0.29, 0.717) is 6.42 Å². The fourth-order valence-corrected chi connectivity index (χ4v) is 0.792. The van der Waals surface area contributed by atoms with Gasteiger partial charge in [-0.1, -0.05) is 43.1 Å². The predicted octanol–water partition coefficient (Wildman–Crippen LogP) is 2.84. The van der Waals surface area contributed by atoms with Crippen LogP contribution in [-0.4, -0.2) is 11.2 Å². The van der Waals surface area contributed by atoms with Crippen LogP contribution in [0.1, 0.15) is 26.2 Å². The maximum Gasteiger partial charge on any atom is 0.115 e. The van der Waals surface area contributed by atoms with Crippen molar-refractivity contribution in [2.75, 3.05) is 0 Å². The maximum atomic E-state index is 9.10. The van der Waals surface area contributed by atoms with Gasteiger partial charge in [-0.2, -0.15) is 0 Å². The summed E-state index contributed by atoms with van der Waals surface area (Å²) in [6.07, 6.45) is 11.6. The Bertz CT molecular complexity index is 352. The highest BCUT2D eigenvalue weighted by Gasteiger charge is 1.88. The van der Waals surface area contributed by atoms with E-state index >= 15 is 0 Å². The van der Waals surface area contributed by atoms with Gasteiger partial charge in [0.15, 0.2) is 0 Å². The van der Waals surface area contributed by atoms with Crippen molar-refractivity contribution in [3.05, 3.63) is 37.0 Å². The lowest BCUT2D eigenvalue weighted by molar-refractivity contribution is 0.228. The van der Waals surface area contributed by atoms with Crippen LogP contribution in [0.3, 0.4) is 0 Å². The van der Waals surface area contributed by atoms with Crippen LogP contribution in [0.2, 0.25) is 0 Å². The molecular weight excluding hydrogens is 196 g/mol. The van der Waals surface area contributed by atoms with Gasteiger partial charge in [0, 0.05) is 0 Å². The van der Waals surface area contributed by atoms with Gasteiger partial charge in [0.05, 0.1) is 0 Å². The van der Waals surface area contributed by atoms with Crippen LogP contribution in [0.5, 0.6) is 0 Å². The van der Waals surface area contributed by atoms with Crippen LogP contribution in [-0.2, 0) is 0 Å². The minimum absolute atomic E-state index is 0.558. The molecule has 0 aliphatic heterocycles. The third kappa shape index (κ3) is 10.4. The number of hydrogen-bond acceptors (Lipinski definition) is 1. The van der Waals surface area contributed by atoms with Gasteiger partial charge in [0.1, 0.15) is 6.10 Å². The summed E-state index contributed by atoms with van der Waals surface area (Å²) in [5, 5.41) is 9.10. The fraction of sp³-hybridized carbons (Fsp3) is 0.333. The van der Waals surface area contributed by atoms with Gasteiger partial charge in [0.2, 0.25) is 0 Å². The molecule has 0 aliphatic rings. The third-order valence-corrected chi connectivity index (χ3v) is 1.72. The molecule has 84 valence electrons. The zero-order chi connectivity index (χ0) is 12.1. The van der Waals surface area contributed by atoms with Gasteiger partial charge >= 0.3 is 0 Å². The summed E-state index contributed by atoms with van der Waals surface area (Å²) in [6, 6.07) is 0. The molecule has 0 aromatic carbocycles. The second kappa shape index (κ2) is 11.4. The Balaban J connectivity index is 3.81. The number of hydrogen-bond donors (Lipinski definition) is 1. The van der Waals surface area contributed by atoms with Crippen molar-refractivity contribution in [2.45, 2.75) is 32.3 Å². The minimum Gasteiger partial charge on any atom is -0.380 e. The number of allylic oxidation sites excluding steroid dienone is 5. The van der Waals surface area contributed by atoms with Crippen molar-refractivity contribution in [1.82, 2.24) is 0 Å². The Morgan fingerprint density at radius 2 is 2.06 bits per heavy atom. The van der Waals surface area contributed by atoms with Crippen molar-refractivity contribution in [3.8, 4) is 23.7 Å². The van der Waals surface area contributed by atoms with E-state index < -0.39 is 6.10 Å². The van der Waals surface area contributed by atoms with E-state index in [1.165, 1.54) is 0 Å². The SMILES string of the molecule is C=CCC/C=C/C=C/C#CC#C[C@@H](O)CC. The van der Waals surface area contributed by atoms with Crippen LogP contribution < -0.4 is 0 Å². The normalized spacial score (nSPS) is 11.6. The van der Waals surface area contributed by atoms with E-state index in [1.54, 1.807) is 6.08 Å². The van der Waals surface area contributed by atoms with Crippen LogP contribution in [0.25, 0.3) is 0 Å². The van der Waals surface area contributed by atoms with Gasteiger partial charge in [-0.3, -0.25) is 0 Å². The highest BCUT2D eigenvalue weighted by Crippen LogP contribution is 1.90. The second-order valence-corrected chi connectivity index (χ2v) is 3.12. The molecular formula is C15H18O. The van der Waals surface area contributed by atoms with Crippen LogP contribution in [0, 0.1) is 23.7 Å². The van der Waals surface area contributed by atoms with Crippen molar-refractivity contribution >= 4 is 0 Å². The van der Waals surface area contributed by atoms with Crippen molar-refractivity contribution in [2.24, 2.45) is 0 Å². The van der Waals surface area contributed by atoms with Crippen molar-refractivity contribution < 1.29 is 5.11 Å². The first-order valence-electron chi connectivity index (χ1n) is 5.43. The van der Waals surface area contributed by atoms with Gasteiger partial charge in [0.25, 0.3) is 0 Å². The zero-order valence-corrected chi connectivity index (χ0v) is 9.74. The van der Waals surface area contributed by atoms with Gasteiger partial charge in [-0.25, -0.2) is 0 Å². The van der Waals surface area contributed by atoms with E-state index in [-0.39, 0.29) is 0 Å². The van der Waals surface area contributed by atoms with Gasteiger partial charge < -0.3 is 5.11 Å². The molecule has 0 aromatic heterocycles. The summed E-state index contributed by atoms with van der Waals surface area (Å²) in [5.41, 5.74) is 0. The highest BCUT2D eigenvalue weighted by atomic mass is 16.3. The lowest BCUT2D eigenvalue weighted by Crippen LogP contribution is -1.98. The summed E-state index contributed by atoms with van der Waals surface area (Å²) in [6.45, 7) is 5.52. The average molecular weight is 214 g/mol. The Morgan fingerprint density at radius 3 is 2.75 bits per heavy atom. The summed E-state index contributed by atoms with van der Waals surface area (Å²) in [4.78, 5) is 0. The van der Waals surface area contributed by atoms with Crippen LogP contribution in [0.4, 0.5) is 0 Å². The zero-order valence-electron chi connectivity index (χ0n) is 9.74. The molecule has 1 atom stereocenters. The molecule has 0 fully saturated rings. The Labute approximate surface area is 98.6 Å². The predicted molar refractivity (Wildman–Crippen MR) is 69.6 cm³/mol. The molecule has 0 saturated carbocycles. The van der Waals surface area contributed by atoms with E-state index in [1.807, 2.05) is 25.2 Å². The molecule has 0 spiro atoms. The van der Waals surface area contributed by atoms with E-state index in [0.717, 1.165) is 12.8 Å². The van der Waals surface area contributed by atoms with Crippen molar-refractivity contribution in [1.29, 1.82) is 0 Å². The molecule has 0 bridgehead atoms. The molecule has 0 aromatic rings. The Kier molecular flexibility index (Phi) is 10.2. The summed E-state index contributed by atoms with van der Waals surface area (Å²) in [5.74, 6) is 10.6. The number of rotatable bonds is 5. The fourth-order valence-electron chi connectivity index (χ4n) is 0.792. The van der Waals surface area contributed by atoms with E-state index in [4.69, 9.17) is 5.11 Å². The molecule has 0 aliphatic carbocycles. The summed E-state index contributed by atoms with van der Waals surface area (Å²) >= 11 is 0. The molecule has 1 N–H and O–H groups in total. The molecule has 1 nitrogen and oxygen atoms in total. The topological polar surface area (TPSA) is 20.2 Å². The first-order valence-corrected chi connectivity index (χ1v) is 5.43. The monoisotopic (exact) mass is 214 g/mol. The first kappa shape index (κ1) is 14.3. The molecule has 0 heterocycles. The molecule has 0 amide bonds. The molecule has 0 saturated heterocycles. The van der Waals surface area contributed by atoms with Crippen LogP contribution in [0.15, 0.2) is 37.0 Å². The van der Waals surface area contributed by atoms with Gasteiger partial charge in [-0.15, -0.1) is 6.58 Å². The maximum absolute atomic E-state index is 9.10.